The van der Waals surface area contributed by atoms with Crippen LogP contribution in [0, 0.1) is 0 Å². The fourth-order valence-corrected chi connectivity index (χ4v) is 2.98. The van der Waals surface area contributed by atoms with Gasteiger partial charge in [0.2, 0.25) is 0 Å². The summed E-state index contributed by atoms with van der Waals surface area (Å²) in [6, 6.07) is 7.89. The summed E-state index contributed by atoms with van der Waals surface area (Å²) in [5, 5.41) is 0. The highest BCUT2D eigenvalue weighted by atomic mass is 16.5. The van der Waals surface area contributed by atoms with E-state index in [2.05, 4.69) is 36.0 Å². The molecule has 170 valence electrons. The maximum Gasteiger partial charge on any atom is 0.159 e. The zero-order valence-corrected chi connectivity index (χ0v) is 19.2. The van der Waals surface area contributed by atoms with Gasteiger partial charge in [-0.25, -0.2) is 9.97 Å². The number of allylic oxidation sites excluding steroid dienone is 1. The SMILES string of the molecule is CCCCCC=CCCOc1cnc(-c2ccc(OCCCCOCCC)cc2)nc1. The molecule has 0 atom stereocenters. The minimum Gasteiger partial charge on any atom is -0.494 e. The Kier molecular flexibility index (Phi) is 13.1. The smallest absolute Gasteiger partial charge is 0.159 e. The van der Waals surface area contributed by atoms with Gasteiger partial charge in [0.15, 0.2) is 11.6 Å². The molecular weight excluding hydrogens is 388 g/mol. The van der Waals surface area contributed by atoms with Crippen LogP contribution in [-0.2, 0) is 4.74 Å². The molecule has 0 unspecified atom stereocenters. The van der Waals surface area contributed by atoms with Crippen molar-refractivity contribution in [2.45, 2.75) is 65.2 Å². The van der Waals surface area contributed by atoms with Crippen molar-refractivity contribution in [3.05, 3.63) is 48.8 Å². The van der Waals surface area contributed by atoms with Gasteiger partial charge in [0, 0.05) is 18.8 Å². The molecule has 0 saturated carbocycles. The molecule has 1 aromatic heterocycles. The van der Waals surface area contributed by atoms with Crippen LogP contribution in [0.4, 0.5) is 0 Å². The van der Waals surface area contributed by atoms with Crippen LogP contribution in [0.25, 0.3) is 11.4 Å². The van der Waals surface area contributed by atoms with Gasteiger partial charge in [0.1, 0.15) is 5.75 Å². The Labute approximate surface area is 187 Å². The van der Waals surface area contributed by atoms with E-state index in [0.29, 0.717) is 24.8 Å². The summed E-state index contributed by atoms with van der Waals surface area (Å²) in [6.07, 6.45) is 16.9. The molecule has 5 heteroatoms. The van der Waals surface area contributed by atoms with Crippen LogP contribution in [0.1, 0.15) is 65.2 Å². The zero-order chi connectivity index (χ0) is 22.0. The predicted octanol–water partition coefficient (Wildman–Crippen LogP) is 6.63. The van der Waals surface area contributed by atoms with Crippen molar-refractivity contribution in [2.24, 2.45) is 0 Å². The van der Waals surface area contributed by atoms with Crippen molar-refractivity contribution in [2.75, 3.05) is 26.4 Å². The maximum atomic E-state index is 5.79. The van der Waals surface area contributed by atoms with Crippen LogP contribution in [0.3, 0.4) is 0 Å². The third kappa shape index (κ3) is 11.0. The highest BCUT2D eigenvalue weighted by Gasteiger charge is 2.03. The summed E-state index contributed by atoms with van der Waals surface area (Å²) < 4.78 is 17.0. The van der Waals surface area contributed by atoms with Crippen LogP contribution < -0.4 is 9.47 Å². The molecule has 0 amide bonds. The average Bonchev–Trinajstić information content (AvgIpc) is 2.81. The van der Waals surface area contributed by atoms with E-state index in [1.54, 1.807) is 12.4 Å². The van der Waals surface area contributed by atoms with Crippen LogP contribution in [0.15, 0.2) is 48.8 Å². The molecule has 0 N–H and O–H groups in total. The van der Waals surface area contributed by atoms with E-state index in [1.807, 2.05) is 24.3 Å². The second-order valence-electron chi connectivity index (χ2n) is 7.54. The van der Waals surface area contributed by atoms with Gasteiger partial charge in [-0.15, -0.1) is 0 Å². The Morgan fingerprint density at radius 3 is 2.13 bits per heavy atom. The van der Waals surface area contributed by atoms with Crippen molar-refractivity contribution >= 4 is 0 Å². The number of aromatic nitrogens is 2. The second-order valence-corrected chi connectivity index (χ2v) is 7.54. The highest BCUT2D eigenvalue weighted by Crippen LogP contribution is 2.20. The molecule has 0 spiro atoms. The first-order chi connectivity index (χ1) is 15.3. The Bertz CT molecular complexity index is 714. The largest absolute Gasteiger partial charge is 0.494 e. The molecule has 0 saturated heterocycles. The molecule has 1 heterocycles. The Hall–Kier alpha value is -2.40. The molecule has 2 aromatic rings. The first-order valence-electron chi connectivity index (χ1n) is 11.7. The number of nitrogens with zero attached hydrogens (tertiary/aromatic N) is 2. The van der Waals surface area contributed by atoms with Gasteiger partial charge in [0.25, 0.3) is 0 Å². The topological polar surface area (TPSA) is 53.5 Å². The molecule has 0 aliphatic heterocycles. The molecule has 0 radical (unpaired) electrons. The lowest BCUT2D eigenvalue weighted by Gasteiger charge is -2.08. The molecule has 0 fully saturated rings. The second kappa shape index (κ2) is 16.3. The van der Waals surface area contributed by atoms with Crippen LogP contribution in [-0.4, -0.2) is 36.4 Å². The van der Waals surface area contributed by atoms with E-state index < -0.39 is 0 Å². The summed E-state index contributed by atoms with van der Waals surface area (Å²) in [5.41, 5.74) is 0.960. The standard InChI is InChI=1S/C26H38N2O3/c1-3-5-6-7-8-9-10-19-31-25-21-27-26(28-22-25)23-13-15-24(16-14-23)30-20-12-11-18-29-17-4-2/h8-9,13-16,21-22H,3-7,10-12,17-20H2,1-2H3. The normalized spacial score (nSPS) is 11.2. The molecule has 2 rings (SSSR count). The van der Waals surface area contributed by atoms with Gasteiger partial charge in [0.05, 0.1) is 25.6 Å². The van der Waals surface area contributed by atoms with Gasteiger partial charge in [-0.3, -0.25) is 0 Å². The predicted molar refractivity (Wildman–Crippen MR) is 127 cm³/mol. The summed E-state index contributed by atoms with van der Waals surface area (Å²) in [4.78, 5) is 8.86. The fourth-order valence-electron chi connectivity index (χ4n) is 2.98. The first-order valence-corrected chi connectivity index (χ1v) is 11.7. The summed E-state index contributed by atoms with van der Waals surface area (Å²) in [6.45, 7) is 7.34. The minimum absolute atomic E-state index is 0.643. The lowest BCUT2D eigenvalue weighted by atomic mass is 10.2. The summed E-state index contributed by atoms with van der Waals surface area (Å²) >= 11 is 0. The highest BCUT2D eigenvalue weighted by molar-refractivity contribution is 5.56. The molecule has 0 aliphatic rings. The van der Waals surface area contributed by atoms with E-state index in [9.17, 15) is 0 Å². The summed E-state index contributed by atoms with van der Waals surface area (Å²) in [7, 11) is 0. The van der Waals surface area contributed by atoms with Gasteiger partial charge in [-0.05, 0) is 62.8 Å². The molecule has 1 aromatic carbocycles. The number of hydrogen-bond acceptors (Lipinski definition) is 5. The van der Waals surface area contributed by atoms with E-state index in [4.69, 9.17) is 14.2 Å². The molecule has 0 aliphatic carbocycles. The Morgan fingerprint density at radius 2 is 1.39 bits per heavy atom. The number of hydrogen-bond donors (Lipinski definition) is 0. The number of ether oxygens (including phenoxy) is 3. The van der Waals surface area contributed by atoms with Crippen molar-refractivity contribution < 1.29 is 14.2 Å². The molecule has 0 bridgehead atoms. The Morgan fingerprint density at radius 1 is 0.677 bits per heavy atom. The summed E-state index contributed by atoms with van der Waals surface area (Å²) in [5.74, 6) is 2.25. The lowest BCUT2D eigenvalue weighted by Crippen LogP contribution is -2.01. The number of benzene rings is 1. The molecule has 5 nitrogen and oxygen atoms in total. The molecular formula is C26H38N2O3. The van der Waals surface area contributed by atoms with Gasteiger partial charge in [-0.1, -0.05) is 38.8 Å². The Balaban J connectivity index is 1.66. The average molecular weight is 427 g/mol. The van der Waals surface area contributed by atoms with E-state index >= 15 is 0 Å². The monoisotopic (exact) mass is 426 g/mol. The minimum atomic E-state index is 0.643. The maximum absolute atomic E-state index is 5.79. The van der Waals surface area contributed by atoms with Crippen LogP contribution in [0.5, 0.6) is 11.5 Å². The van der Waals surface area contributed by atoms with Crippen molar-refractivity contribution in [1.82, 2.24) is 9.97 Å². The lowest BCUT2D eigenvalue weighted by molar-refractivity contribution is 0.127. The number of unbranched alkanes of at least 4 members (excludes halogenated alkanes) is 4. The molecule has 31 heavy (non-hydrogen) atoms. The third-order valence-electron chi connectivity index (χ3n) is 4.74. The first kappa shape index (κ1) is 24.9. The quantitative estimate of drug-likeness (QED) is 0.210. The van der Waals surface area contributed by atoms with Gasteiger partial charge < -0.3 is 14.2 Å². The zero-order valence-electron chi connectivity index (χ0n) is 19.2. The fraction of sp³-hybridized carbons (Fsp3) is 0.538. The van der Waals surface area contributed by atoms with Gasteiger partial charge >= 0.3 is 0 Å². The number of rotatable bonds is 17. The van der Waals surface area contributed by atoms with Gasteiger partial charge in [-0.2, -0.15) is 0 Å². The van der Waals surface area contributed by atoms with E-state index in [0.717, 1.165) is 56.6 Å². The van der Waals surface area contributed by atoms with E-state index in [-0.39, 0.29) is 0 Å². The van der Waals surface area contributed by atoms with Crippen molar-refractivity contribution in [1.29, 1.82) is 0 Å². The van der Waals surface area contributed by atoms with E-state index in [1.165, 1.54) is 19.3 Å². The van der Waals surface area contributed by atoms with Crippen LogP contribution in [0.2, 0.25) is 0 Å². The van der Waals surface area contributed by atoms with Crippen molar-refractivity contribution in [3.63, 3.8) is 0 Å². The van der Waals surface area contributed by atoms with Crippen molar-refractivity contribution in [3.8, 4) is 22.9 Å². The van der Waals surface area contributed by atoms with Crippen LogP contribution >= 0.6 is 0 Å². The third-order valence-corrected chi connectivity index (χ3v) is 4.74.